The maximum absolute atomic E-state index is 6.35. The lowest BCUT2D eigenvalue weighted by atomic mass is 10.1. The smallest absolute Gasteiger partial charge is 0.231 e. The van der Waals surface area contributed by atoms with Crippen molar-refractivity contribution in [1.82, 2.24) is 9.78 Å². The summed E-state index contributed by atoms with van der Waals surface area (Å²) in [4.78, 5) is 0. The summed E-state index contributed by atoms with van der Waals surface area (Å²) < 4.78 is 12.4. The molecule has 0 atom stereocenters. The molecule has 0 bridgehead atoms. The fourth-order valence-electron chi connectivity index (χ4n) is 1.98. The first-order valence-corrected chi connectivity index (χ1v) is 5.84. The Morgan fingerprint density at radius 1 is 1.39 bits per heavy atom. The predicted molar refractivity (Wildman–Crippen MR) is 68.9 cm³/mol. The number of aryl methyl sites for hydroxylation is 1. The fourth-order valence-corrected chi connectivity index (χ4v) is 2.22. The SMILES string of the molecule is Cc1c(Cl)c(-c2cc(N)n(C)n2)cc2c1OCO2. The van der Waals surface area contributed by atoms with Crippen molar-refractivity contribution in [2.45, 2.75) is 6.92 Å². The summed E-state index contributed by atoms with van der Waals surface area (Å²) >= 11 is 6.35. The second-order valence-corrected chi connectivity index (χ2v) is 4.55. The number of aromatic nitrogens is 2. The van der Waals surface area contributed by atoms with Crippen molar-refractivity contribution in [2.24, 2.45) is 7.05 Å². The monoisotopic (exact) mass is 265 g/mol. The topological polar surface area (TPSA) is 62.3 Å². The molecule has 0 radical (unpaired) electrons. The van der Waals surface area contributed by atoms with Crippen LogP contribution in [0.1, 0.15) is 5.56 Å². The summed E-state index contributed by atoms with van der Waals surface area (Å²) in [5, 5.41) is 4.93. The molecule has 0 amide bonds. The molecular weight excluding hydrogens is 254 g/mol. The van der Waals surface area contributed by atoms with Crippen LogP contribution < -0.4 is 15.2 Å². The maximum Gasteiger partial charge on any atom is 0.231 e. The van der Waals surface area contributed by atoms with Crippen LogP contribution in [0.4, 0.5) is 5.82 Å². The van der Waals surface area contributed by atoms with Gasteiger partial charge in [0.2, 0.25) is 6.79 Å². The number of nitrogens with two attached hydrogens (primary N) is 1. The molecule has 2 heterocycles. The van der Waals surface area contributed by atoms with Crippen LogP contribution in [0.2, 0.25) is 5.02 Å². The molecule has 5 nitrogen and oxygen atoms in total. The highest BCUT2D eigenvalue weighted by atomic mass is 35.5. The van der Waals surface area contributed by atoms with E-state index in [1.54, 1.807) is 17.8 Å². The Morgan fingerprint density at radius 2 is 2.17 bits per heavy atom. The van der Waals surface area contributed by atoms with Crippen molar-refractivity contribution >= 4 is 17.4 Å². The summed E-state index contributed by atoms with van der Waals surface area (Å²) in [5.41, 5.74) is 8.15. The van der Waals surface area contributed by atoms with E-state index in [1.807, 2.05) is 13.0 Å². The minimum atomic E-state index is 0.223. The molecule has 1 aromatic carbocycles. The van der Waals surface area contributed by atoms with Crippen LogP contribution >= 0.6 is 11.6 Å². The van der Waals surface area contributed by atoms with Gasteiger partial charge in [-0.3, -0.25) is 4.68 Å². The summed E-state index contributed by atoms with van der Waals surface area (Å²) in [6.45, 7) is 2.12. The second kappa shape index (κ2) is 3.81. The maximum atomic E-state index is 6.35. The Labute approximate surface area is 109 Å². The van der Waals surface area contributed by atoms with E-state index in [2.05, 4.69) is 5.10 Å². The molecule has 18 heavy (non-hydrogen) atoms. The van der Waals surface area contributed by atoms with Gasteiger partial charge in [0.05, 0.1) is 10.7 Å². The molecule has 0 spiro atoms. The molecule has 1 aliphatic rings. The third-order valence-electron chi connectivity index (χ3n) is 3.02. The molecule has 1 aromatic heterocycles. The van der Waals surface area contributed by atoms with Crippen molar-refractivity contribution in [1.29, 1.82) is 0 Å². The van der Waals surface area contributed by atoms with E-state index >= 15 is 0 Å². The average molecular weight is 266 g/mol. The number of halogens is 1. The van der Waals surface area contributed by atoms with Gasteiger partial charge in [-0.25, -0.2) is 0 Å². The lowest BCUT2D eigenvalue weighted by molar-refractivity contribution is 0.173. The molecule has 0 saturated heterocycles. The lowest BCUT2D eigenvalue weighted by Crippen LogP contribution is -1.96. The number of fused-ring (bicyclic) bond motifs is 1. The van der Waals surface area contributed by atoms with Crippen molar-refractivity contribution in [3.63, 3.8) is 0 Å². The fraction of sp³-hybridized carbons (Fsp3) is 0.250. The molecule has 1 aliphatic heterocycles. The zero-order valence-corrected chi connectivity index (χ0v) is 10.8. The Hall–Kier alpha value is -1.88. The second-order valence-electron chi connectivity index (χ2n) is 4.17. The summed E-state index contributed by atoms with van der Waals surface area (Å²) in [6, 6.07) is 3.61. The van der Waals surface area contributed by atoms with E-state index in [9.17, 15) is 0 Å². The van der Waals surface area contributed by atoms with Gasteiger partial charge in [0.25, 0.3) is 0 Å². The first-order valence-electron chi connectivity index (χ1n) is 5.46. The number of rotatable bonds is 1. The molecule has 94 valence electrons. The highest BCUT2D eigenvalue weighted by Crippen LogP contribution is 2.44. The first kappa shape index (κ1) is 11.2. The Balaban J connectivity index is 2.21. The zero-order chi connectivity index (χ0) is 12.9. The minimum absolute atomic E-state index is 0.223. The molecule has 0 aliphatic carbocycles. The van der Waals surface area contributed by atoms with Crippen molar-refractivity contribution in [3.8, 4) is 22.8 Å². The van der Waals surface area contributed by atoms with E-state index in [0.29, 0.717) is 22.3 Å². The number of anilines is 1. The number of nitrogens with zero attached hydrogens (tertiary/aromatic N) is 2. The van der Waals surface area contributed by atoms with Crippen LogP contribution in [0.3, 0.4) is 0 Å². The number of nitrogen functional groups attached to an aromatic ring is 1. The molecule has 0 saturated carbocycles. The number of hydrogen-bond acceptors (Lipinski definition) is 4. The third kappa shape index (κ3) is 1.51. The summed E-state index contributed by atoms with van der Waals surface area (Å²) in [6.07, 6.45) is 0. The van der Waals surface area contributed by atoms with Crippen LogP contribution in [-0.2, 0) is 7.05 Å². The molecule has 0 unspecified atom stereocenters. The van der Waals surface area contributed by atoms with E-state index < -0.39 is 0 Å². The Morgan fingerprint density at radius 3 is 2.83 bits per heavy atom. The van der Waals surface area contributed by atoms with Crippen LogP contribution in [0.5, 0.6) is 11.5 Å². The van der Waals surface area contributed by atoms with Crippen molar-refractivity contribution < 1.29 is 9.47 Å². The van der Waals surface area contributed by atoms with E-state index in [1.165, 1.54) is 0 Å². The minimum Gasteiger partial charge on any atom is -0.454 e. The van der Waals surface area contributed by atoms with Gasteiger partial charge in [0, 0.05) is 24.2 Å². The Bertz CT molecular complexity index is 617. The van der Waals surface area contributed by atoms with Gasteiger partial charge in [-0.15, -0.1) is 0 Å². The van der Waals surface area contributed by atoms with E-state index in [-0.39, 0.29) is 6.79 Å². The highest BCUT2D eigenvalue weighted by molar-refractivity contribution is 6.34. The molecule has 3 rings (SSSR count). The normalized spacial score (nSPS) is 13.1. The Kier molecular flexibility index (Phi) is 2.38. The van der Waals surface area contributed by atoms with Crippen LogP contribution in [0.15, 0.2) is 12.1 Å². The van der Waals surface area contributed by atoms with Crippen molar-refractivity contribution in [3.05, 3.63) is 22.7 Å². The molecule has 0 fully saturated rings. The number of ether oxygens (including phenoxy) is 2. The van der Waals surface area contributed by atoms with E-state index in [0.717, 1.165) is 16.8 Å². The molecular formula is C12H12ClN3O2. The molecule has 2 aromatic rings. The summed E-state index contributed by atoms with van der Waals surface area (Å²) in [7, 11) is 1.78. The lowest BCUT2D eigenvalue weighted by Gasteiger charge is -2.07. The zero-order valence-electron chi connectivity index (χ0n) is 10.0. The average Bonchev–Trinajstić information content (AvgIpc) is 2.92. The predicted octanol–water partition coefficient (Wildman–Crippen LogP) is 2.36. The van der Waals surface area contributed by atoms with Gasteiger partial charge in [0.1, 0.15) is 5.82 Å². The van der Waals surface area contributed by atoms with Gasteiger partial charge in [-0.2, -0.15) is 5.10 Å². The number of benzene rings is 1. The van der Waals surface area contributed by atoms with Crippen LogP contribution in [0.25, 0.3) is 11.3 Å². The van der Waals surface area contributed by atoms with Crippen LogP contribution in [0, 0.1) is 6.92 Å². The molecule has 2 N–H and O–H groups in total. The first-order chi connectivity index (χ1) is 8.58. The van der Waals surface area contributed by atoms with Gasteiger partial charge >= 0.3 is 0 Å². The summed E-state index contributed by atoms with van der Waals surface area (Å²) in [5.74, 6) is 1.97. The van der Waals surface area contributed by atoms with Gasteiger partial charge in [0.15, 0.2) is 11.5 Å². The van der Waals surface area contributed by atoms with Gasteiger partial charge < -0.3 is 15.2 Å². The van der Waals surface area contributed by atoms with E-state index in [4.69, 9.17) is 26.8 Å². The quantitative estimate of drug-likeness (QED) is 0.860. The van der Waals surface area contributed by atoms with Crippen molar-refractivity contribution in [2.75, 3.05) is 12.5 Å². The standard InChI is InChI=1S/C12H12ClN3O2/c1-6-11(13)7(3-9-12(6)18-5-17-9)8-4-10(14)16(2)15-8/h3-4H,5,14H2,1-2H3. The van der Waals surface area contributed by atoms with Gasteiger partial charge in [-0.05, 0) is 13.0 Å². The van der Waals surface area contributed by atoms with Crippen LogP contribution in [-0.4, -0.2) is 16.6 Å². The highest BCUT2D eigenvalue weighted by Gasteiger charge is 2.22. The number of hydrogen-bond donors (Lipinski definition) is 1. The van der Waals surface area contributed by atoms with Gasteiger partial charge in [-0.1, -0.05) is 11.6 Å². The third-order valence-corrected chi connectivity index (χ3v) is 3.50. The molecule has 6 heteroatoms. The largest absolute Gasteiger partial charge is 0.454 e.